The number of ether oxygens (including phenoxy) is 1. The third kappa shape index (κ3) is 6.28. The first-order valence-corrected chi connectivity index (χ1v) is 8.22. The Labute approximate surface area is 150 Å². The van der Waals surface area contributed by atoms with Gasteiger partial charge in [0.2, 0.25) is 11.8 Å². The third-order valence-corrected chi connectivity index (χ3v) is 4.15. The van der Waals surface area contributed by atoms with Crippen LogP contribution >= 0.6 is 12.4 Å². The highest BCUT2D eigenvalue weighted by atomic mass is 35.5. The van der Waals surface area contributed by atoms with E-state index in [1.807, 2.05) is 13.8 Å². The second kappa shape index (κ2) is 10.5. The lowest BCUT2D eigenvalue weighted by molar-refractivity contribution is -0.152. The number of carbonyl (C=O) groups excluding carboxylic acids is 3. The Hall–Kier alpha value is -1.34. The lowest BCUT2D eigenvalue weighted by atomic mass is 9.98. The summed E-state index contributed by atoms with van der Waals surface area (Å²) in [6.07, 6.45) is 1.49. The minimum absolute atomic E-state index is 0. The molecule has 1 unspecified atom stereocenters. The van der Waals surface area contributed by atoms with Gasteiger partial charge in [0.25, 0.3) is 0 Å². The van der Waals surface area contributed by atoms with Crippen molar-refractivity contribution in [1.29, 1.82) is 0 Å². The molecular formula is C16H30ClN3O4. The van der Waals surface area contributed by atoms with Gasteiger partial charge in [0.1, 0.15) is 0 Å². The van der Waals surface area contributed by atoms with Crippen molar-refractivity contribution < 1.29 is 19.1 Å². The Kier molecular flexibility index (Phi) is 9.92. The fraction of sp³-hybridized carbons (Fsp3) is 0.812. The Balaban J connectivity index is 0.00000529. The third-order valence-electron chi connectivity index (χ3n) is 4.15. The normalized spacial score (nSPS) is 18.6. The maximum Gasteiger partial charge on any atom is 0.310 e. The lowest BCUT2D eigenvalue weighted by Gasteiger charge is -2.33. The Morgan fingerprint density at radius 1 is 1.33 bits per heavy atom. The predicted octanol–water partition coefficient (Wildman–Crippen LogP) is 0.652. The smallest absolute Gasteiger partial charge is 0.310 e. The summed E-state index contributed by atoms with van der Waals surface area (Å²) in [5.74, 6) is -0.913. The molecule has 24 heavy (non-hydrogen) atoms. The number of hydrogen-bond donors (Lipinski definition) is 1. The van der Waals surface area contributed by atoms with Crippen LogP contribution in [0.15, 0.2) is 0 Å². The van der Waals surface area contributed by atoms with Crippen LogP contribution in [0, 0.1) is 11.8 Å². The van der Waals surface area contributed by atoms with Crippen molar-refractivity contribution >= 4 is 30.2 Å². The van der Waals surface area contributed by atoms with Crippen molar-refractivity contribution in [3.8, 4) is 0 Å². The predicted molar refractivity (Wildman–Crippen MR) is 93.6 cm³/mol. The zero-order valence-corrected chi connectivity index (χ0v) is 15.8. The molecule has 1 aliphatic heterocycles. The second-order valence-electron chi connectivity index (χ2n) is 6.40. The van der Waals surface area contributed by atoms with E-state index in [4.69, 9.17) is 10.5 Å². The maximum atomic E-state index is 12.4. The molecule has 2 N–H and O–H groups in total. The second-order valence-corrected chi connectivity index (χ2v) is 6.40. The van der Waals surface area contributed by atoms with Crippen LogP contribution in [0.1, 0.15) is 33.6 Å². The topological polar surface area (TPSA) is 92.9 Å². The van der Waals surface area contributed by atoms with Crippen LogP contribution < -0.4 is 5.73 Å². The highest BCUT2D eigenvalue weighted by Gasteiger charge is 2.30. The number of halogens is 1. The van der Waals surface area contributed by atoms with Crippen molar-refractivity contribution in [3.63, 3.8) is 0 Å². The largest absolute Gasteiger partial charge is 0.466 e. The molecule has 0 spiro atoms. The van der Waals surface area contributed by atoms with E-state index >= 15 is 0 Å². The molecule has 0 saturated carbocycles. The minimum atomic E-state index is -0.610. The molecule has 1 saturated heterocycles. The van der Waals surface area contributed by atoms with E-state index < -0.39 is 6.04 Å². The van der Waals surface area contributed by atoms with E-state index in [-0.39, 0.29) is 48.6 Å². The number of rotatable bonds is 6. The van der Waals surface area contributed by atoms with Crippen LogP contribution in [0.5, 0.6) is 0 Å². The minimum Gasteiger partial charge on any atom is -0.466 e. The number of nitrogens with two attached hydrogens (primary N) is 1. The van der Waals surface area contributed by atoms with E-state index in [9.17, 15) is 14.4 Å². The summed E-state index contributed by atoms with van der Waals surface area (Å²) in [6, 6.07) is -0.610. The molecule has 0 bridgehead atoms. The summed E-state index contributed by atoms with van der Waals surface area (Å²) >= 11 is 0. The van der Waals surface area contributed by atoms with E-state index in [2.05, 4.69) is 0 Å². The van der Waals surface area contributed by atoms with Gasteiger partial charge in [-0.3, -0.25) is 14.4 Å². The molecular weight excluding hydrogens is 334 g/mol. The van der Waals surface area contributed by atoms with E-state index in [1.165, 1.54) is 4.90 Å². The number of likely N-dealkylation sites (tertiary alicyclic amines) is 1. The zero-order valence-electron chi connectivity index (χ0n) is 15.0. The van der Waals surface area contributed by atoms with Gasteiger partial charge in [0, 0.05) is 20.1 Å². The standard InChI is InChI=1S/C16H29N3O4.ClH/c1-5-23-16(22)12-7-6-8-19(9-12)13(20)10-18(4)15(21)14(17)11(2)3;/h11-12,14H,5-10,17H2,1-4H3;1H/t12?,14-;/m0./s1. The number of piperidine rings is 1. The highest BCUT2D eigenvalue weighted by Crippen LogP contribution is 2.18. The number of esters is 1. The van der Waals surface area contributed by atoms with Crippen LogP contribution in [-0.4, -0.2) is 66.9 Å². The Morgan fingerprint density at radius 2 is 1.96 bits per heavy atom. The number of nitrogens with zero attached hydrogens (tertiary/aromatic N) is 2. The molecule has 1 rings (SSSR count). The monoisotopic (exact) mass is 363 g/mol. The highest BCUT2D eigenvalue weighted by molar-refractivity contribution is 5.87. The molecule has 140 valence electrons. The van der Waals surface area contributed by atoms with Crippen LogP contribution in [0.25, 0.3) is 0 Å². The van der Waals surface area contributed by atoms with E-state index in [1.54, 1.807) is 18.9 Å². The molecule has 0 aromatic heterocycles. The van der Waals surface area contributed by atoms with Gasteiger partial charge in [0.05, 0.1) is 25.1 Å². The summed E-state index contributed by atoms with van der Waals surface area (Å²) in [6.45, 7) is 6.78. The number of carbonyl (C=O) groups is 3. The van der Waals surface area contributed by atoms with Crippen molar-refractivity contribution in [2.45, 2.75) is 39.7 Å². The Morgan fingerprint density at radius 3 is 2.50 bits per heavy atom. The number of likely N-dealkylation sites (N-methyl/N-ethyl adjacent to an activating group) is 1. The lowest BCUT2D eigenvalue weighted by Crippen LogP contribution is -2.50. The van der Waals surface area contributed by atoms with Crippen LogP contribution in [0.4, 0.5) is 0 Å². The molecule has 2 amide bonds. The molecule has 0 aromatic rings. The Bertz CT molecular complexity index is 445. The molecule has 1 aliphatic rings. The molecule has 7 nitrogen and oxygen atoms in total. The van der Waals surface area contributed by atoms with E-state index in [0.29, 0.717) is 19.7 Å². The van der Waals surface area contributed by atoms with Crippen molar-refractivity contribution in [1.82, 2.24) is 9.80 Å². The van der Waals surface area contributed by atoms with Crippen molar-refractivity contribution in [3.05, 3.63) is 0 Å². The average molecular weight is 364 g/mol. The van der Waals surface area contributed by atoms with Gasteiger partial charge in [-0.15, -0.1) is 12.4 Å². The van der Waals surface area contributed by atoms with Crippen molar-refractivity contribution in [2.75, 3.05) is 33.3 Å². The molecule has 0 aliphatic carbocycles. The summed E-state index contributed by atoms with van der Waals surface area (Å²) in [7, 11) is 1.58. The summed E-state index contributed by atoms with van der Waals surface area (Å²) in [4.78, 5) is 39.3. The van der Waals surface area contributed by atoms with Gasteiger partial charge in [-0.2, -0.15) is 0 Å². The van der Waals surface area contributed by atoms with E-state index in [0.717, 1.165) is 12.8 Å². The fourth-order valence-electron chi connectivity index (χ4n) is 2.58. The zero-order chi connectivity index (χ0) is 17.6. The number of amides is 2. The average Bonchev–Trinajstić information content (AvgIpc) is 2.53. The number of hydrogen-bond acceptors (Lipinski definition) is 5. The van der Waals surface area contributed by atoms with Crippen molar-refractivity contribution in [2.24, 2.45) is 17.6 Å². The summed E-state index contributed by atoms with van der Waals surface area (Å²) in [5.41, 5.74) is 5.83. The van der Waals surface area contributed by atoms with Crippen LogP contribution in [0.3, 0.4) is 0 Å². The molecule has 0 aromatic carbocycles. The van der Waals surface area contributed by atoms with Gasteiger partial charge in [-0.05, 0) is 25.7 Å². The first kappa shape index (κ1) is 22.7. The SMILES string of the molecule is CCOC(=O)C1CCCN(C(=O)CN(C)C(=O)[C@@H](N)C(C)C)C1.Cl. The summed E-state index contributed by atoms with van der Waals surface area (Å²) in [5, 5.41) is 0. The molecule has 0 radical (unpaired) electrons. The molecule has 1 fully saturated rings. The van der Waals surface area contributed by atoms with Crippen LogP contribution in [0.2, 0.25) is 0 Å². The van der Waals surface area contributed by atoms with Gasteiger partial charge >= 0.3 is 5.97 Å². The molecule has 1 heterocycles. The first-order chi connectivity index (χ1) is 10.8. The van der Waals surface area contributed by atoms with Crippen LogP contribution in [-0.2, 0) is 19.1 Å². The molecule has 2 atom stereocenters. The van der Waals surface area contributed by atoms with Gasteiger partial charge in [-0.1, -0.05) is 13.8 Å². The van der Waals surface area contributed by atoms with Gasteiger partial charge < -0.3 is 20.3 Å². The van der Waals surface area contributed by atoms with Gasteiger partial charge in [0.15, 0.2) is 0 Å². The summed E-state index contributed by atoms with van der Waals surface area (Å²) < 4.78 is 5.03. The first-order valence-electron chi connectivity index (χ1n) is 8.22. The molecule has 8 heteroatoms. The maximum absolute atomic E-state index is 12.4. The van der Waals surface area contributed by atoms with Gasteiger partial charge in [-0.25, -0.2) is 0 Å². The quantitative estimate of drug-likeness (QED) is 0.699. The fourth-order valence-corrected chi connectivity index (χ4v) is 2.58.